The maximum atomic E-state index is 12.4. The van der Waals surface area contributed by atoms with Crippen LogP contribution in [0.2, 0.25) is 0 Å². The van der Waals surface area contributed by atoms with Crippen molar-refractivity contribution in [3.05, 3.63) is 58.7 Å². The van der Waals surface area contributed by atoms with E-state index in [-0.39, 0.29) is 11.7 Å². The third kappa shape index (κ3) is 4.19. The summed E-state index contributed by atoms with van der Waals surface area (Å²) in [6.07, 6.45) is 1.83. The molecule has 0 amide bonds. The highest BCUT2D eigenvalue weighted by molar-refractivity contribution is 7.88. The average Bonchev–Trinajstić information content (AvgIpc) is 3.02. The van der Waals surface area contributed by atoms with Crippen LogP contribution in [0.25, 0.3) is 0 Å². The highest BCUT2D eigenvalue weighted by atomic mass is 32.2. The van der Waals surface area contributed by atoms with Crippen molar-refractivity contribution >= 4 is 10.0 Å². The summed E-state index contributed by atoms with van der Waals surface area (Å²) in [5.41, 5.74) is 4.25. The van der Waals surface area contributed by atoms with E-state index in [1.54, 1.807) is 14.2 Å². The van der Waals surface area contributed by atoms with E-state index in [0.717, 1.165) is 29.5 Å². The maximum Gasteiger partial charge on any atom is 0.215 e. The lowest BCUT2D eigenvalue weighted by Gasteiger charge is -2.15. The van der Waals surface area contributed by atoms with E-state index in [2.05, 4.69) is 4.72 Å². The van der Waals surface area contributed by atoms with E-state index in [9.17, 15) is 8.42 Å². The van der Waals surface area contributed by atoms with Crippen molar-refractivity contribution < 1.29 is 17.9 Å². The smallest absolute Gasteiger partial charge is 0.215 e. The van der Waals surface area contributed by atoms with Crippen LogP contribution in [-0.2, 0) is 22.2 Å². The molecule has 0 aromatic heterocycles. The van der Waals surface area contributed by atoms with Crippen molar-refractivity contribution in [1.82, 2.24) is 4.72 Å². The number of hydrogen-bond acceptors (Lipinski definition) is 4. The molecule has 0 fully saturated rings. The Hall–Kier alpha value is -2.05. The summed E-state index contributed by atoms with van der Waals surface area (Å²) in [6.45, 7) is 2.38. The number of rotatable bonds is 7. The molecule has 0 spiro atoms. The molecule has 0 saturated carbocycles. The van der Waals surface area contributed by atoms with Gasteiger partial charge in [-0.3, -0.25) is 0 Å². The molecule has 1 aliphatic rings. The monoisotopic (exact) mass is 375 g/mol. The summed E-state index contributed by atoms with van der Waals surface area (Å²) < 4.78 is 38.3. The molecule has 0 aliphatic heterocycles. The Balaban J connectivity index is 1.68. The zero-order valence-corrected chi connectivity index (χ0v) is 16.2. The van der Waals surface area contributed by atoms with E-state index >= 15 is 0 Å². The van der Waals surface area contributed by atoms with Gasteiger partial charge < -0.3 is 9.47 Å². The van der Waals surface area contributed by atoms with Gasteiger partial charge in [0, 0.05) is 6.54 Å². The molecule has 1 unspecified atom stereocenters. The lowest BCUT2D eigenvalue weighted by atomic mass is 10.0. The minimum atomic E-state index is -3.37. The predicted molar refractivity (Wildman–Crippen MR) is 102 cm³/mol. The maximum absolute atomic E-state index is 12.4. The SMILES string of the molecule is COc1cc2c(cc1OC)C(CNS(=O)(=O)Cc1ccc(C)cc1)CC2. The molecule has 1 aliphatic carbocycles. The van der Waals surface area contributed by atoms with Gasteiger partial charge >= 0.3 is 0 Å². The minimum absolute atomic E-state index is 0.00120. The van der Waals surface area contributed by atoms with Crippen molar-refractivity contribution in [2.24, 2.45) is 0 Å². The lowest BCUT2D eigenvalue weighted by molar-refractivity contribution is 0.354. The summed E-state index contributed by atoms with van der Waals surface area (Å²) in [4.78, 5) is 0. The Labute approximate surface area is 155 Å². The Morgan fingerprint density at radius 3 is 2.38 bits per heavy atom. The van der Waals surface area contributed by atoms with Crippen molar-refractivity contribution in [2.75, 3.05) is 20.8 Å². The van der Waals surface area contributed by atoms with Crippen molar-refractivity contribution in [3.8, 4) is 11.5 Å². The van der Waals surface area contributed by atoms with Gasteiger partial charge in [-0.15, -0.1) is 0 Å². The van der Waals surface area contributed by atoms with E-state index in [1.807, 2.05) is 43.3 Å². The van der Waals surface area contributed by atoms with Crippen LogP contribution >= 0.6 is 0 Å². The molecule has 2 aromatic rings. The summed E-state index contributed by atoms with van der Waals surface area (Å²) in [7, 11) is -0.141. The molecule has 0 bridgehead atoms. The fourth-order valence-corrected chi connectivity index (χ4v) is 4.60. The van der Waals surface area contributed by atoms with Crippen LogP contribution in [0.4, 0.5) is 0 Å². The highest BCUT2D eigenvalue weighted by Gasteiger charge is 2.26. The second kappa shape index (κ2) is 7.68. The fraction of sp³-hybridized carbons (Fsp3) is 0.400. The molecule has 1 atom stereocenters. The normalized spacial score (nSPS) is 16.3. The van der Waals surface area contributed by atoms with Crippen LogP contribution in [0.15, 0.2) is 36.4 Å². The zero-order valence-electron chi connectivity index (χ0n) is 15.4. The topological polar surface area (TPSA) is 64.6 Å². The third-order valence-corrected chi connectivity index (χ3v) is 6.19. The van der Waals surface area contributed by atoms with E-state index < -0.39 is 10.0 Å². The number of fused-ring (bicyclic) bond motifs is 1. The number of benzene rings is 2. The van der Waals surface area contributed by atoms with Gasteiger partial charge in [0.2, 0.25) is 10.0 Å². The Morgan fingerprint density at radius 2 is 1.73 bits per heavy atom. The summed E-state index contributed by atoms with van der Waals surface area (Å²) in [5, 5.41) is 0. The van der Waals surface area contributed by atoms with Gasteiger partial charge in [-0.1, -0.05) is 29.8 Å². The lowest BCUT2D eigenvalue weighted by Crippen LogP contribution is -2.29. The molecule has 1 N–H and O–H groups in total. The number of ether oxygens (including phenoxy) is 2. The average molecular weight is 375 g/mol. The first kappa shape index (κ1) is 18.7. The third-order valence-electron chi connectivity index (χ3n) is 4.87. The zero-order chi connectivity index (χ0) is 18.7. The van der Waals surface area contributed by atoms with Crippen LogP contribution in [0.1, 0.15) is 34.6 Å². The van der Waals surface area contributed by atoms with Crippen LogP contribution in [-0.4, -0.2) is 29.2 Å². The van der Waals surface area contributed by atoms with Gasteiger partial charge in [-0.25, -0.2) is 13.1 Å². The Kier molecular flexibility index (Phi) is 5.53. The standard InChI is InChI=1S/C20H25NO4S/c1-14-4-6-15(7-5-14)13-26(22,23)21-12-17-9-8-16-10-19(24-2)20(25-3)11-18(16)17/h4-7,10-11,17,21H,8-9,12-13H2,1-3H3. The molecular formula is C20H25NO4S. The molecule has 0 heterocycles. The first-order chi connectivity index (χ1) is 12.4. The van der Waals surface area contributed by atoms with Gasteiger partial charge in [0.05, 0.1) is 20.0 Å². The summed E-state index contributed by atoms with van der Waals surface area (Å²) >= 11 is 0. The van der Waals surface area contributed by atoms with E-state index in [4.69, 9.17) is 9.47 Å². The number of sulfonamides is 1. The molecule has 3 rings (SSSR count). The highest BCUT2D eigenvalue weighted by Crippen LogP contribution is 2.40. The van der Waals surface area contributed by atoms with Crippen LogP contribution < -0.4 is 14.2 Å². The number of aryl methyl sites for hydroxylation is 2. The molecule has 6 heteroatoms. The quantitative estimate of drug-likeness (QED) is 0.807. The second-order valence-electron chi connectivity index (χ2n) is 6.73. The van der Waals surface area contributed by atoms with E-state index in [0.29, 0.717) is 18.0 Å². The minimum Gasteiger partial charge on any atom is -0.493 e. The number of hydrogen-bond donors (Lipinski definition) is 1. The van der Waals surface area contributed by atoms with Crippen molar-refractivity contribution in [1.29, 1.82) is 0 Å². The van der Waals surface area contributed by atoms with Gasteiger partial charge in [-0.05, 0) is 54.5 Å². The van der Waals surface area contributed by atoms with Gasteiger partial charge in [-0.2, -0.15) is 0 Å². The van der Waals surface area contributed by atoms with Gasteiger partial charge in [0.15, 0.2) is 11.5 Å². The second-order valence-corrected chi connectivity index (χ2v) is 8.54. The number of nitrogens with one attached hydrogen (secondary N) is 1. The molecule has 2 aromatic carbocycles. The Morgan fingerprint density at radius 1 is 1.08 bits per heavy atom. The van der Waals surface area contributed by atoms with Gasteiger partial charge in [0.25, 0.3) is 0 Å². The van der Waals surface area contributed by atoms with Crippen molar-refractivity contribution in [2.45, 2.75) is 31.4 Å². The molecular weight excluding hydrogens is 350 g/mol. The molecule has 26 heavy (non-hydrogen) atoms. The molecule has 5 nitrogen and oxygen atoms in total. The van der Waals surface area contributed by atoms with Crippen molar-refractivity contribution in [3.63, 3.8) is 0 Å². The largest absolute Gasteiger partial charge is 0.493 e. The fourth-order valence-electron chi connectivity index (χ4n) is 3.41. The van der Waals surface area contributed by atoms with Crippen LogP contribution in [0.3, 0.4) is 0 Å². The first-order valence-electron chi connectivity index (χ1n) is 8.69. The first-order valence-corrected chi connectivity index (χ1v) is 10.3. The van der Waals surface area contributed by atoms with Crippen LogP contribution in [0, 0.1) is 6.92 Å². The molecule has 0 radical (unpaired) electrons. The van der Waals surface area contributed by atoms with Gasteiger partial charge in [0.1, 0.15) is 0 Å². The Bertz CT molecular complexity index is 875. The summed E-state index contributed by atoms with van der Waals surface area (Å²) in [6, 6.07) is 11.5. The van der Waals surface area contributed by atoms with Crippen LogP contribution in [0.5, 0.6) is 11.5 Å². The number of methoxy groups -OCH3 is 2. The molecule has 0 saturated heterocycles. The molecule has 140 valence electrons. The predicted octanol–water partition coefficient (Wildman–Crippen LogP) is 3.16. The summed E-state index contributed by atoms with van der Waals surface area (Å²) in [5.74, 6) is 1.55. The van der Waals surface area contributed by atoms with E-state index in [1.165, 1.54) is 5.56 Å².